The zero-order chi connectivity index (χ0) is 24.0. The summed E-state index contributed by atoms with van der Waals surface area (Å²) in [6, 6.07) is 12.3. The van der Waals surface area contributed by atoms with Gasteiger partial charge in [-0.1, -0.05) is 62.9 Å². The summed E-state index contributed by atoms with van der Waals surface area (Å²) in [6.45, 7) is 10.1. The quantitative estimate of drug-likeness (QED) is 0.320. The Labute approximate surface area is 219 Å². The molecule has 1 amide bonds. The summed E-state index contributed by atoms with van der Waals surface area (Å²) in [5, 5.41) is 1.83. The number of amides is 1. The van der Waals surface area contributed by atoms with E-state index in [1.807, 2.05) is 57.3 Å². The molecule has 2 aromatic heterocycles. The van der Waals surface area contributed by atoms with Crippen LogP contribution < -0.4 is 27.0 Å². The highest BCUT2D eigenvalue weighted by Crippen LogP contribution is 2.27. The lowest BCUT2D eigenvalue weighted by atomic mass is 9.98. The molecular formula is C27H37BrClN3O2. The fraction of sp³-hybridized carbons (Fsp3) is 0.481. The number of aromatic nitrogens is 2. The van der Waals surface area contributed by atoms with Crippen LogP contribution in [0.25, 0.3) is 10.9 Å². The van der Waals surface area contributed by atoms with Crippen molar-refractivity contribution in [3.8, 4) is 0 Å². The maximum Gasteiger partial charge on any atom is 0.426 e. The van der Waals surface area contributed by atoms with E-state index in [4.69, 9.17) is 16.3 Å². The van der Waals surface area contributed by atoms with E-state index in [9.17, 15) is 4.79 Å². The fourth-order valence-electron chi connectivity index (χ4n) is 4.07. The van der Waals surface area contributed by atoms with Gasteiger partial charge in [0.05, 0.1) is 15.9 Å². The van der Waals surface area contributed by atoms with Crippen LogP contribution in [0.15, 0.2) is 55.0 Å². The molecule has 186 valence electrons. The first-order chi connectivity index (χ1) is 15.6. The Bertz CT molecular complexity index is 1080. The van der Waals surface area contributed by atoms with Gasteiger partial charge in [0.15, 0.2) is 18.4 Å². The van der Waals surface area contributed by atoms with E-state index in [1.54, 1.807) is 4.68 Å². The molecule has 0 aliphatic heterocycles. The summed E-state index contributed by atoms with van der Waals surface area (Å²) in [5.74, 6) is 0.750. The number of nitrogens with one attached hydrogen (secondary N) is 1. The minimum Gasteiger partial charge on any atom is -1.00 e. The van der Waals surface area contributed by atoms with Gasteiger partial charge in [0.25, 0.3) is 0 Å². The van der Waals surface area contributed by atoms with Gasteiger partial charge in [-0.05, 0) is 45.2 Å². The van der Waals surface area contributed by atoms with Crippen LogP contribution in [0, 0.1) is 5.92 Å². The van der Waals surface area contributed by atoms with Gasteiger partial charge < -0.3 is 21.7 Å². The van der Waals surface area contributed by atoms with Crippen LogP contribution >= 0.6 is 11.6 Å². The molecule has 2 heterocycles. The molecule has 0 spiro atoms. The third-order valence-corrected chi connectivity index (χ3v) is 5.99. The van der Waals surface area contributed by atoms with Gasteiger partial charge in [0.2, 0.25) is 0 Å². The molecule has 1 aromatic carbocycles. The summed E-state index contributed by atoms with van der Waals surface area (Å²) in [6.07, 6.45) is 11.5. The van der Waals surface area contributed by atoms with E-state index >= 15 is 0 Å². The van der Waals surface area contributed by atoms with Gasteiger partial charge in [0.1, 0.15) is 5.60 Å². The molecule has 3 rings (SSSR count). The van der Waals surface area contributed by atoms with Crippen molar-refractivity contribution in [3.63, 3.8) is 0 Å². The van der Waals surface area contributed by atoms with E-state index < -0.39 is 11.7 Å². The van der Waals surface area contributed by atoms with Crippen molar-refractivity contribution >= 4 is 28.6 Å². The van der Waals surface area contributed by atoms with Gasteiger partial charge >= 0.3 is 6.09 Å². The number of benzene rings is 1. The van der Waals surface area contributed by atoms with Gasteiger partial charge in [-0.25, -0.2) is 10.2 Å². The van der Waals surface area contributed by atoms with Crippen LogP contribution in [-0.2, 0) is 4.74 Å². The maximum absolute atomic E-state index is 12.2. The van der Waals surface area contributed by atoms with Crippen molar-refractivity contribution in [1.82, 2.24) is 4.68 Å². The second-order valence-corrected chi connectivity index (χ2v) is 10.5. The Morgan fingerprint density at radius 3 is 2.47 bits per heavy atom. The lowest BCUT2D eigenvalue weighted by molar-refractivity contribution is -0.713. The van der Waals surface area contributed by atoms with Gasteiger partial charge in [-0.2, -0.15) is 4.57 Å². The number of carbonyl (C=O) groups excluding carboxylic acids is 1. The third-order valence-electron chi connectivity index (χ3n) is 5.64. The molecular weight excluding hydrogens is 514 g/mol. The molecule has 1 unspecified atom stereocenters. The standard InChI is InChI=1S/C27H36ClN3O2.BrH/c1-20(2)11-7-6-8-14-25(22-12-9-10-13-23(22)28)30-17-16-24-21(19-30)15-18-31(24)29-26(32)33-27(3,4)5;/h9-10,12-13,15-20,25H,6-8,11,14H2,1-5H3;1H. The molecule has 0 radical (unpaired) electrons. The summed E-state index contributed by atoms with van der Waals surface area (Å²) >= 11 is 6.60. The van der Waals surface area contributed by atoms with E-state index in [0.29, 0.717) is 0 Å². The van der Waals surface area contributed by atoms with Gasteiger partial charge in [0, 0.05) is 24.2 Å². The first kappa shape index (κ1) is 28.2. The van der Waals surface area contributed by atoms with E-state index in [2.05, 4.69) is 42.3 Å². The molecule has 34 heavy (non-hydrogen) atoms. The average Bonchev–Trinajstić information content (AvgIpc) is 3.11. The molecule has 3 aromatic rings. The molecule has 0 saturated carbocycles. The molecule has 0 aliphatic carbocycles. The first-order valence-corrected chi connectivity index (χ1v) is 12.3. The van der Waals surface area contributed by atoms with Crippen LogP contribution in [-0.4, -0.2) is 16.4 Å². The lowest BCUT2D eigenvalue weighted by Gasteiger charge is -2.20. The maximum atomic E-state index is 12.2. The first-order valence-electron chi connectivity index (χ1n) is 11.9. The number of hydrogen-bond acceptors (Lipinski definition) is 2. The van der Waals surface area contributed by atoms with Crippen LogP contribution in [0.5, 0.6) is 0 Å². The van der Waals surface area contributed by atoms with Crippen LogP contribution in [0.2, 0.25) is 5.02 Å². The fourth-order valence-corrected chi connectivity index (χ4v) is 4.34. The summed E-state index contributed by atoms with van der Waals surface area (Å²) in [5.41, 5.74) is 4.29. The summed E-state index contributed by atoms with van der Waals surface area (Å²) < 4.78 is 9.32. The lowest BCUT2D eigenvalue weighted by Crippen LogP contribution is -3.00. The third kappa shape index (κ3) is 8.02. The van der Waals surface area contributed by atoms with Crippen LogP contribution in [0.3, 0.4) is 0 Å². The van der Waals surface area contributed by atoms with Crippen molar-refractivity contribution in [2.45, 2.75) is 78.4 Å². The van der Waals surface area contributed by atoms with E-state index in [-0.39, 0.29) is 23.0 Å². The second-order valence-electron chi connectivity index (χ2n) is 10.1. The van der Waals surface area contributed by atoms with Crippen molar-refractivity contribution < 1.29 is 31.1 Å². The number of halogens is 2. The van der Waals surface area contributed by atoms with E-state index in [0.717, 1.165) is 40.2 Å². The smallest absolute Gasteiger partial charge is 0.426 e. The number of ether oxygens (including phenoxy) is 1. The Kier molecular flexibility index (Phi) is 10.4. The number of carbonyl (C=O) groups is 1. The summed E-state index contributed by atoms with van der Waals surface area (Å²) in [4.78, 5) is 12.2. The molecule has 0 saturated heterocycles. The van der Waals surface area contributed by atoms with E-state index in [1.165, 1.54) is 19.3 Å². The predicted molar refractivity (Wildman–Crippen MR) is 135 cm³/mol. The molecule has 1 atom stereocenters. The molecule has 0 bridgehead atoms. The largest absolute Gasteiger partial charge is 1.00 e. The Balaban J connectivity index is 0.00000408. The number of fused-ring (bicyclic) bond motifs is 1. The molecule has 7 heteroatoms. The van der Waals surface area contributed by atoms with Crippen molar-refractivity contribution in [3.05, 3.63) is 65.6 Å². The zero-order valence-corrected chi connectivity index (χ0v) is 23.2. The van der Waals surface area contributed by atoms with Crippen molar-refractivity contribution in [1.29, 1.82) is 0 Å². The van der Waals surface area contributed by atoms with Crippen LogP contribution in [0.1, 0.15) is 78.3 Å². The average molecular weight is 551 g/mol. The predicted octanol–water partition coefficient (Wildman–Crippen LogP) is 4.26. The Hall–Kier alpha value is -2.05. The minimum absolute atomic E-state index is 0. The number of pyridine rings is 1. The summed E-state index contributed by atoms with van der Waals surface area (Å²) in [7, 11) is 0. The topological polar surface area (TPSA) is 47.1 Å². The minimum atomic E-state index is -0.548. The second kappa shape index (κ2) is 12.6. The number of rotatable bonds is 9. The zero-order valence-electron chi connectivity index (χ0n) is 20.9. The normalized spacial score (nSPS) is 12.4. The Morgan fingerprint density at radius 1 is 1.09 bits per heavy atom. The SMILES string of the molecule is CC(C)CCCCCC(c1ccccc1Cl)[n+]1ccc2c(ccn2NC(=O)OC(C)(C)C)c1.[Br-]. The monoisotopic (exact) mass is 549 g/mol. The molecule has 0 fully saturated rings. The highest BCUT2D eigenvalue weighted by molar-refractivity contribution is 6.31. The van der Waals surface area contributed by atoms with Crippen molar-refractivity contribution in [2.75, 3.05) is 5.43 Å². The Morgan fingerprint density at radius 2 is 1.79 bits per heavy atom. The van der Waals surface area contributed by atoms with Gasteiger partial charge in [-0.3, -0.25) is 4.68 Å². The molecule has 5 nitrogen and oxygen atoms in total. The highest BCUT2D eigenvalue weighted by atomic mass is 79.9. The molecule has 1 N–H and O–H groups in total. The number of unbranched alkanes of at least 4 members (excludes halogenated alkanes) is 2. The van der Waals surface area contributed by atoms with Crippen LogP contribution in [0.4, 0.5) is 4.79 Å². The number of nitrogens with zero attached hydrogens (tertiary/aromatic N) is 2. The van der Waals surface area contributed by atoms with Crippen molar-refractivity contribution in [2.24, 2.45) is 5.92 Å². The van der Waals surface area contributed by atoms with Gasteiger partial charge in [-0.15, -0.1) is 0 Å². The highest BCUT2D eigenvalue weighted by Gasteiger charge is 2.24. The molecule has 0 aliphatic rings. The number of hydrogen-bond donors (Lipinski definition) is 1.